The first-order valence-corrected chi connectivity index (χ1v) is 10.3. The molecule has 1 aliphatic rings. The predicted octanol–water partition coefficient (Wildman–Crippen LogP) is 0.447. The van der Waals surface area contributed by atoms with Crippen molar-refractivity contribution in [2.45, 2.75) is 57.9 Å². The van der Waals surface area contributed by atoms with Crippen LogP contribution < -0.4 is 21.7 Å². The molecule has 0 aliphatic heterocycles. The fraction of sp³-hybridized carbons (Fsp3) is 0.455. The van der Waals surface area contributed by atoms with Crippen molar-refractivity contribution in [2.75, 3.05) is 5.32 Å². The predicted molar refractivity (Wildman–Crippen MR) is 118 cm³/mol. The lowest BCUT2D eigenvalue weighted by Crippen LogP contribution is -2.53. The zero-order valence-corrected chi connectivity index (χ0v) is 18.3. The second kappa shape index (κ2) is 10.9. The first-order valence-electron chi connectivity index (χ1n) is 10.3. The summed E-state index contributed by atoms with van der Waals surface area (Å²) >= 11 is 0. The van der Waals surface area contributed by atoms with Crippen molar-refractivity contribution in [3.05, 3.63) is 41.5 Å². The molecule has 4 atom stereocenters. The molecule has 32 heavy (non-hydrogen) atoms. The maximum Gasteiger partial charge on any atom is 0.319 e. The maximum atomic E-state index is 12.6. The van der Waals surface area contributed by atoms with Gasteiger partial charge in [-0.05, 0) is 43.5 Å². The van der Waals surface area contributed by atoms with Crippen molar-refractivity contribution in [1.29, 1.82) is 0 Å². The van der Waals surface area contributed by atoms with Crippen molar-refractivity contribution in [2.24, 2.45) is 11.7 Å². The van der Waals surface area contributed by atoms with Gasteiger partial charge in [0.1, 0.15) is 12.1 Å². The number of urea groups is 1. The molecule has 10 heteroatoms. The lowest BCUT2D eigenvalue weighted by atomic mass is 9.89. The molecular formula is C22H30N4O6. The molecule has 1 aromatic carbocycles. The van der Waals surface area contributed by atoms with Gasteiger partial charge in [0.15, 0.2) is 5.78 Å². The zero-order chi connectivity index (χ0) is 24.0. The largest absolute Gasteiger partial charge is 0.390 e. The van der Waals surface area contributed by atoms with Crippen LogP contribution >= 0.6 is 0 Å². The third-order valence-electron chi connectivity index (χ3n) is 5.07. The molecule has 0 fully saturated rings. The number of hydrogen-bond donors (Lipinski definition) is 6. The van der Waals surface area contributed by atoms with E-state index in [9.17, 15) is 29.4 Å². The summed E-state index contributed by atoms with van der Waals surface area (Å²) in [6.45, 7) is 5.20. The molecule has 174 valence electrons. The number of anilines is 1. The standard InChI is InChI=1S/C22H30N4O6/c1-11(2)8-17(20(23)30)25-21(31)14-9-16(19(29)18(28)10-14)26-22(32)24-15-6-4-13(5-7-15)12(3)27/h4-7,9,11,16-19,28-29H,8,10H2,1-3H3,(H2,23,30)(H,25,31)(H2,24,26,32). The van der Waals surface area contributed by atoms with Crippen molar-refractivity contribution in [1.82, 2.24) is 10.6 Å². The third kappa shape index (κ3) is 6.89. The number of carbonyl (C=O) groups excluding carboxylic acids is 4. The number of ketones is 1. The minimum Gasteiger partial charge on any atom is -0.390 e. The molecule has 0 aromatic heterocycles. The van der Waals surface area contributed by atoms with Crippen LogP contribution in [-0.2, 0) is 9.59 Å². The summed E-state index contributed by atoms with van der Waals surface area (Å²) in [5.74, 6) is -1.27. The molecular weight excluding hydrogens is 416 g/mol. The minimum absolute atomic E-state index is 0.108. The second-order valence-corrected chi connectivity index (χ2v) is 8.27. The summed E-state index contributed by atoms with van der Waals surface area (Å²) in [6, 6.07) is 3.63. The third-order valence-corrected chi connectivity index (χ3v) is 5.07. The van der Waals surface area contributed by atoms with Crippen LogP contribution in [0.1, 0.15) is 44.0 Å². The number of amides is 4. The van der Waals surface area contributed by atoms with E-state index < -0.39 is 42.1 Å². The van der Waals surface area contributed by atoms with E-state index in [0.29, 0.717) is 17.7 Å². The Balaban J connectivity index is 2.08. The van der Waals surface area contributed by atoms with Crippen LogP contribution in [0.5, 0.6) is 0 Å². The Morgan fingerprint density at radius 3 is 2.28 bits per heavy atom. The van der Waals surface area contributed by atoms with E-state index in [0.717, 1.165) is 0 Å². The Kier molecular flexibility index (Phi) is 8.50. The Hall–Kier alpha value is -3.24. The van der Waals surface area contributed by atoms with Crippen LogP contribution in [0.2, 0.25) is 0 Å². The van der Waals surface area contributed by atoms with E-state index >= 15 is 0 Å². The van der Waals surface area contributed by atoms with E-state index in [2.05, 4.69) is 16.0 Å². The van der Waals surface area contributed by atoms with Gasteiger partial charge >= 0.3 is 6.03 Å². The quantitative estimate of drug-likeness (QED) is 0.317. The van der Waals surface area contributed by atoms with Crippen LogP contribution in [0.25, 0.3) is 0 Å². The summed E-state index contributed by atoms with van der Waals surface area (Å²) in [5, 5.41) is 28.0. The normalized spacial score (nSPS) is 21.3. The van der Waals surface area contributed by atoms with Gasteiger partial charge in [0.2, 0.25) is 11.8 Å². The first-order chi connectivity index (χ1) is 15.0. The summed E-state index contributed by atoms with van der Waals surface area (Å²) in [5.41, 5.74) is 6.39. The molecule has 1 aromatic rings. The van der Waals surface area contributed by atoms with Gasteiger partial charge in [-0.3, -0.25) is 14.4 Å². The van der Waals surface area contributed by atoms with Crippen LogP contribution in [0.15, 0.2) is 35.9 Å². The van der Waals surface area contributed by atoms with Gasteiger partial charge in [0, 0.05) is 23.2 Å². The summed E-state index contributed by atoms with van der Waals surface area (Å²) < 4.78 is 0. The summed E-state index contributed by atoms with van der Waals surface area (Å²) in [6.07, 6.45) is -1.07. The van der Waals surface area contributed by atoms with Gasteiger partial charge in [-0.1, -0.05) is 19.9 Å². The number of aliphatic hydroxyl groups is 2. The highest BCUT2D eigenvalue weighted by Crippen LogP contribution is 2.21. The second-order valence-electron chi connectivity index (χ2n) is 8.27. The Morgan fingerprint density at radius 1 is 1.12 bits per heavy atom. The van der Waals surface area contributed by atoms with E-state index in [1.807, 2.05) is 13.8 Å². The number of Topliss-reactive ketones (excluding diaryl/α,β-unsaturated/α-hetero) is 1. The van der Waals surface area contributed by atoms with E-state index in [1.54, 1.807) is 24.3 Å². The average Bonchev–Trinajstić information content (AvgIpc) is 2.70. The Labute approximate surface area is 186 Å². The van der Waals surface area contributed by atoms with Gasteiger partial charge in [-0.25, -0.2) is 4.79 Å². The number of rotatable bonds is 8. The number of nitrogens with two attached hydrogens (primary N) is 1. The highest BCUT2D eigenvalue weighted by molar-refractivity contribution is 5.97. The van der Waals surface area contributed by atoms with Gasteiger partial charge in [-0.15, -0.1) is 0 Å². The molecule has 4 unspecified atom stereocenters. The zero-order valence-electron chi connectivity index (χ0n) is 18.3. The molecule has 0 radical (unpaired) electrons. The van der Waals surface area contributed by atoms with Crippen molar-refractivity contribution in [3.63, 3.8) is 0 Å². The van der Waals surface area contributed by atoms with Crippen LogP contribution in [-0.4, -0.2) is 58.1 Å². The minimum atomic E-state index is -1.33. The van der Waals surface area contributed by atoms with E-state index in [1.165, 1.54) is 13.0 Å². The number of hydrogen-bond acceptors (Lipinski definition) is 6. The molecule has 0 spiro atoms. The molecule has 4 amide bonds. The highest BCUT2D eigenvalue weighted by Gasteiger charge is 2.34. The monoisotopic (exact) mass is 446 g/mol. The number of primary amides is 1. The van der Waals surface area contributed by atoms with Gasteiger partial charge in [0.25, 0.3) is 0 Å². The summed E-state index contributed by atoms with van der Waals surface area (Å²) in [7, 11) is 0. The van der Waals surface area contributed by atoms with Crippen LogP contribution in [0.4, 0.5) is 10.5 Å². The first kappa shape index (κ1) is 25.0. The topological polar surface area (TPSA) is 171 Å². The van der Waals surface area contributed by atoms with E-state index in [-0.39, 0.29) is 23.7 Å². The Bertz CT molecular complexity index is 896. The van der Waals surface area contributed by atoms with Gasteiger partial charge in [-0.2, -0.15) is 0 Å². The SMILES string of the molecule is CC(=O)c1ccc(NC(=O)NC2C=C(C(=O)NC(CC(C)C)C(N)=O)CC(O)C2O)cc1. The molecule has 0 saturated heterocycles. The molecule has 2 rings (SSSR count). The number of carbonyl (C=O) groups is 4. The van der Waals surface area contributed by atoms with Gasteiger partial charge in [0.05, 0.1) is 12.1 Å². The lowest BCUT2D eigenvalue weighted by molar-refractivity contribution is -0.126. The van der Waals surface area contributed by atoms with Crippen molar-refractivity contribution >= 4 is 29.3 Å². The number of aliphatic hydroxyl groups excluding tert-OH is 2. The van der Waals surface area contributed by atoms with Crippen LogP contribution in [0.3, 0.4) is 0 Å². The number of benzene rings is 1. The highest BCUT2D eigenvalue weighted by atomic mass is 16.3. The maximum absolute atomic E-state index is 12.6. The molecule has 0 heterocycles. The molecule has 0 bridgehead atoms. The summed E-state index contributed by atoms with van der Waals surface area (Å²) in [4.78, 5) is 47.9. The smallest absolute Gasteiger partial charge is 0.319 e. The molecule has 10 nitrogen and oxygen atoms in total. The van der Waals surface area contributed by atoms with Crippen LogP contribution in [0, 0.1) is 5.92 Å². The van der Waals surface area contributed by atoms with Gasteiger partial charge < -0.3 is 31.9 Å². The van der Waals surface area contributed by atoms with Crippen molar-refractivity contribution in [3.8, 4) is 0 Å². The molecule has 0 saturated carbocycles. The Morgan fingerprint density at radius 2 is 1.75 bits per heavy atom. The average molecular weight is 447 g/mol. The fourth-order valence-electron chi connectivity index (χ4n) is 3.34. The molecule has 7 N–H and O–H groups in total. The lowest BCUT2D eigenvalue weighted by Gasteiger charge is -2.31. The molecule has 1 aliphatic carbocycles. The fourth-order valence-corrected chi connectivity index (χ4v) is 3.34. The van der Waals surface area contributed by atoms with E-state index in [4.69, 9.17) is 5.73 Å². The number of nitrogens with one attached hydrogen (secondary N) is 3. The van der Waals surface area contributed by atoms with Crippen molar-refractivity contribution < 1.29 is 29.4 Å².